The highest BCUT2D eigenvalue weighted by molar-refractivity contribution is 5.22. The van der Waals surface area contributed by atoms with Crippen molar-refractivity contribution in [1.82, 2.24) is 0 Å². The largest absolute Gasteiger partial charge is 0.0683 e. The van der Waals surface area contributed by atoms with Crippen LogP contribution in [0, 0.1) is 0 Å². The van der Waals surface area contributed by atoms with Gasteiger partial charge in [-0.15, -0.1) is 0 Å². The normalized spacial score (nSPS) is 9.27. The Hall–Kier alpha value is -0.780. The Bertz CT molecular complexity index is 209. The zero-order valence-corrected chi connectivity index (χ0v) is 11.6. The van der Waals surface area contributed by atoms with Gasteiger partial charge >= 0.3 is 0 Å². The van der Waals surface area contributed by atoms with Gasteiger partial charge in [0.05, 0.1) is 0 Å². The summed E-state index contributed by atoms with van der Waals surface area (Å²) in [5, 5.41) is 0. The molecule has 0 aliphatic heterocycles. The first-order valence-corrected chi connectivity index (χ1v) is 6.22. The Morgan fingerprint density at radius 3 is 1.60 bits per heavy atom. The van der Waals surface area contributed by atoms with Gasteiger partial charge in [0, 0.05) is 0 Å². The van der Waals surface area contributed by atoms with E-state index in [2.05, 4.69) is 51.1 Å². The lowest BCUT2D eigenvalue weighted by Crippen LogP contribution is -2.14. The fourth-order valence-corrected chi connectivity index (χ4v) is 1.09. The second-order valence-electron chi connectivity index (χ2n) is 3.60. The van der Waals surface area contributed by atoms with Crippen LogP contribution in [0.15, 0.2) is 30.3 Å². The minimum Gasteiger partial charge on any atom is -0.0683 e. The van der Waals surface area contributed by atoms with Gasteiger partial charge in [-0.2, -0.15) is 0 Å². The smallest absolute Gasteiger partial charge is 0.0106 e. The Kier molecular flexibility index (Phi) is 10.8. The summed E-state index contributed by atoms with van der Waals surface area (Å²) in [5.41, 5.74) is 1.77. The first kappa shape index (κ1) is 16.6. The molecule has 0 nitrogen and oxygen atoms in total. The molecule has 0 heteroatoms. The van der Waals surface area contributed by atoms with E-state index in [1.54, 1.807) is 0 Å². The molecular weight excluding hydrogens is 180 g/mol. The average Bonchev–Trinajstić information content (AvgIpc) is 2.35. The van der Waals surface area contributed by atoms with E-state index < -0.39 is 0 Å². The van der Waals surface area contributed by atoms with Crippen molar-refractivity contribution in [2.24, 2.45) is 0 Å². The number of rotatable bonds is 2. The highest BCUT2D eigenvalue weighted by atomic mass is 14.2. The van der Waals surface area contributed by atoms with Crippen molar-refractivity contribution in [2.75, 3.05) is 0 Å². The van der Waals surface area contributed by atoms with Crippen LogP contribution < -0.4 is 0 Å². The van der Waals surface area contributed by atoms with E-state index in [0.29, 0.717) is 5.41 Å². The molecule has 0 saturated carbocycles. The van der Waals surface area contributed by atoms with Gasteiger partial charge < -0.3 is 0 Å². The SMILES string of the molecule is CC.CC.CCC(C)(C)c1ccccc1. The summed E-state index contributed by atoms with van der Waals surface area (Å²) in [5.74, 6) is 0. The first-order valence-electron chi connectivity index (χ1n) is 6.22. The Balaban J connectivity index is 0. The molecule has 1 aromatic rings. The standard InChI is InChI=1S/C11H16.2C2H6/c1-4-11(2,3)10-8-6-5-7-9-10;2*1-2/h5-9H,4H2,1-3H3;2*1-2H3. The summed E-state index contributed by atoms with van der Waals surface area (Å²) in [6.45, 7) is 14.8. The summed E-state index contributed by atoms with van der Waals surface area (Å²) in [4.78, 5) is 0. The summed E-state index contributed by atoms with van der Waals surface area (Å²) >= 11 is 0. The summed E-state index contributed by atoms with van der Waals surface area (Å²) in [6.07, 6.45) is 1.19. The van der Waals surface area contributed by atoms with Crippen LogP contribution in [0.3, 0.4) is 0 Å². The minimum absolute atomic E-state index is 0.335. The lowest BCUT2D eigenvalue weighted by Gasteiger charge is -2.22. The second kappa shape index (κ2) is 9.76. The zero-order valence-electron chi connectivity index (χ0n) is 11.6. The van der Waals surface area contributed by atoms with Gasteiger partial charge in [0.25, 0.3) is 0 Å². The van der Waals surface area contributed by atoms with E-state index in [1.807, 2.05) is 27.7 Å². The van der Waals surface area contributed by atoms with E-state index in [0.717, 1.165) is 0 Å². The molecule has 0 aliphatic rings. The van der Waals surface area contributed by atoms with Crippen molar-refractivity contribution in [2.45, 2.75) is 60.3 Å². The number of benzene rings is 1. The number of hydrogen-bond acceptors (Lipinski definition) is 0. The van der Waals surface area contributed by atoms with Crippen LogP contribution >= 0.6 is 0 Å². The lowest BCUT2D eigenvalue weighted by molar-refractivity contribution is 0.506. The third kappa shape index (κ3) is 6.33. The Morgan fingerprint density at radius 1 is 0.867 bits per heavy atom. The van der Waals surface area contributed by atoms with Crippen LogP contribution in [0.5, 0.6) is 0 Å². The van der Waals surface area contributed by atoms with E-state index >= 15 is 0 Å². The first-order chi connectivity index (χ1) is 7.17. The second-order valence-corrected chi connectivity index (χ2v) is 3.60. The molecule has 0 atom stereocenters. The molecule has 0 spiro atoms. The molecule has 0 bridgehead atoms. The van der Waals surface area contributed by atoms with Crippen LogP contribution in [-0.2, 0) is 5.41 Å². The van der Waals surface area contributed by atoms with Crippen molar-refractivity contribution >= 4 is 0 Å². The van der Waals surface area contributed by atoms with Gasteiger partial charge in [-0.3, -0.25) is 0 Å². The average molecular weight is 208 g/mol. The van der Waals surface area contributed by atoms with Crippen molar-refractivity contribution in [3.63, 3.8) is 0 Å². The lowest BCUT2D eigenvalue weighted by atomic mass is 9.82. The molecule has 0 unspecified atom stereocenters. The van der Waals surface area contributed by atoms with Gasteiger partial charge in [-0.1, -0.05) is 78.8 Å². The van der Waals surface area contributed by atoms with Gasteiger partial charge in [0.2, 0.25) is 0 Å². The third-order valence-corrected chi connectivity index (χ3v) is 2.44. The molecule has 0 heterocycles. The maximum atomic E-state index is 2.28. The summed E-state index contributed by atoms with van der Waals surface area (Å²) < 4.78 is 0. The molecule has 0 radical (unpaired) electrons. The minimum atomic E-state index is 0.335. The molecule has 0 aromatic heterocycles. The maximum absolute atomic E-state index is 2.28. The molecule has 0 fully saturated rings. The molecule has 1 aromatic carbocycles. The van der Waals surface area contributed by atoms with E-state index in [-0.39, 0.29) is 0 Å². The van der Waals surface area contributed by atoms with Gasteiger partial charge in [-0.25, -0.2) is 0 Å². The van der Waals surface area contributed by atoms with E-state index in [1.165, 1.54) is 12.0 Å². The molecule has 88 valence electrons. The topological polar surface area (TPSA) is 0 Å². The summed E-state index contributed by atoms with van der Waals surface area (Å²) in [6, 6.07) is 10.7. The predicted molar refractivity (Wildman–Crippen MR) is 72.5 cm³/mol. The molecule has 0 amide bonds. The van der Waals surface area contributed by atoms with Gasteiger partial charge in [0.1, 0.15) is 0 Å². The molecule has 0 N–H and O–H groups in total. The van der Waals surface area contributed by atoms with Crippen molar-refractivity contribution < 1.29 is 0 Å². The molecule has 1 rings (SSSR count). The fourth-order valence-electron chi connectivity index (χ4n) is 1.09. The van der Waals surface area contributed by atoms with Crippen LogP contribution in [0.4, 0.5) is 0 Å². The zero-order chi connectivity index (χ0) is 12.3. The highest BCUT2D eigenvalue weighted by Gasteiger charge is 2.16. The predicted octanol–water partition coefficient (Wildman–Crippen LogP) is 5.43. The van der Waals surface area contributed by atoms with Crippen molar-refractivity contribution in [3.05, 3.63) is 35.9 Å². The highest BCUT2D eigenvalue weighted by Crippen LogP contribution is 2.25. The fraction of sp³-hybridized carbons (Fsp3) is 0.600. The van der Waals surface area contributed by atoms with E-state index in [4.69, 9.17) is 0 Å². The van der Waals surface area contributed by atoms with E-state index in [9.17, 15) is 0 Å². The Labute approximate surface area is 96.7 Å². The third-order valence-electron chi connectivity index (χ3n) is 2.44. The molecule has 0 aliphatic carbocycles. The van der Waals surface area contributed by atoms with Crippen LogP contribution in [-0.4, -0.2) is 0 Å². The van der Waals surface area contributed by atoms with Crippen LogP contribution in [0.1, 0.15) is 60.5 Å². The van der Waals surface area contributed by atoms with Crippen LogP contribution in [0.2, 0.25) is 0 Å². The maximum Gasteiger partial charge on any atom is -0.0106 e. The van der Waals surface area contributed by atoms with Gasteiger partial charge in [-0.05, 0) is 17.4 Å². The van der Waals surface area contributed by atoms with Crippen molar-refractivity contribution in [1.29, 1.82) is 0 Å². The Morgan fingerprint density at radius 2 is 1.27 bits per heavy atom. The quantitative estimate of drug-likeness (QED) is 0.608. The number of hydrogen-bond donors (Lipinski definition) is 0. The van der Waals surface area contributed by atoms with Crippen molar-refractivity contribution in [3.8, 4) is 0 Å². The summed E-state index contributed by atoms with van der Waals surface area (Å²) in [7, 11) is 0. The molecular formula is C15H28. The van der Waals surface area contributed by atoms with Crippen LogP contribution in [0.25, 0.3) is 0 Å². The van der Waals surface area contributed by atoms with Gasteiger partial charge in [0.15, 0.2) is 0 Å². The monoisotopic (exact) mass is 208 g/mol. The molecule has 0 saturated heterocycles. The molecule has 15 heavy (non-hydrogen) atoms.